The Bertz CT molecular complexity index is 1220. The molecule has 3 aromatic rings. The van der Waals surface area contributed by atoms with Crippen LogP contribution in [0.25, 0.3) is 21.4 Å². The van der Waals surface area contributed by atoms with Gasteiger partial charge in [-0.1, -0.05) is 30.3 Å². The van der Waals surface area contributed by atoms with E-state index in [1.807, 2.05) is 36.7 Å². The second-order valence-corrected chi connectivity index (χ2v) is 8.06. The highest BCUT2D eigenvalue weighted by molar-refractivity contribution is 7.22. The summed E-state index contributed by atoms with van der Waals surface area (Å²) in [4.78, 5) is 16.1. The number of nitriles is 2. The van der Waals surface area contributed by atoms with Gasteiger partial charge in [-0.25, -0.2) is 0 Å². The number of rotatable bonds is 3. The van der Waals surface area contributed by atoms with Crippen LogP contribution in [0.2, 0.25) is 0 Å². The molecule has 0 bridgehead atoms. The normalized spacial score (nSPS) is 13.9. The Kier molecular flexibility index (Phi) is 4.67. The highest BCUT2D eigenvalue weighted by atomic mass is 32.1. The van der Waals surface area contributed by atoms with Crippen molar-refractivity contribution in [3.8, 4) is 21.9 Å². The van der Waals surface area contributed by atoms with Crippen LogP contribution >= 0.6 is 22.7 Å². The van der Waals surface area contributed by atoms with Gasteiger partial charge in [-0.15, -0.1) is 22.7 Å². The van der Waals surface area contributed by atoms with Crippen LogP contribution in [0.4, 0.5) is 5.69 Å². The second-order valence-electron chi connectivity index (χ2n) is 6.03. The van der Waals surface area contributed by atoms with Gasteiger partial charge in [-0.05, 0) is 29.2 Å². The van der Waals surface area contributed by atoms with Gasteiger partial charge in [-0.2, -0.15) is 10.5 Å². The first kappa shape index (κ1) is 17.9. The van der Waals surface area contributed by atoms with E-state index in [-0.39, 0.29) is 11.4 Å². The van der Waals surface area contributed by atoms with Crippen molar-refractivity contribution >= 4 is 45.8 Å². The zero-order valence-corrected chi connectivity index (χ0v) is 16.4. The molecule has 134 valence electrons. The van der Waals surface area contributed by atoms with Crippen molar-refractivity contribution < 1.29 is 4.79 Å². The number of ketones is 1. The van der Waals surface area contributed by atoms with Crippen molar-refractivity contribution in [2.75, 3.05) is 12.4 Å². The van der Waals surface area contributed by atoms with Crippen LogP contribution in [0.15, 0.2) is 59.0 Å². The number of allylic oxidation sites excluding steroid dienone is 3. The molecule has 0 spiro atoms. The Hall–Kier alpha value is -3.45. The lowest BCUT2D eigenvalue weighted by Gasteiger charge is -2.01. The Morgan fingerprint density at radius 3 is 2.50 bits per heavy atom. The van der Waals surface area contributed by atoms with E-state index in [0.717, 1.165) is 20.3 Å². The largest absolute Gasteiger partial charge is 0.387 e. The highest BCUT2D eigenvalue weighted by Crippen LogP contribution is 2.43. The van der Waals surface area contributed by atoms with Crippen LogP contribution in [-0.4, -0.2) is 12.8 Å². The Labute approximate surface area is 170 Å². The van der Waals surface area contributed by atoms with E-state index in [0.29, 0.717) is 22.3 Å². The molecule has 1 N–H and O–H groups in total. The van der Waals surface area contributed by atoms with Crippen molar-refractivity contribution in [3.63, 3.8) is 0 Å². The molecule has 0 radical (unpaired) electrons. The molecule has 0 fully saturated rings. The van der Waals surface area contributed by atoms with Gasteiger partial charge in [0.25, 0.3) is 0 Å². The molecule has 0 atom stereocenters. The molecular weight excluding hydrogens is 386 g/mol. The third-order valence-corrected chi connectivity index (χ3v) is 6.61. The number of hydrogen-bond donors (Lipinski definition) is 1. The summed E-state index contributed by atoms with van der Waals surface area (Å²) in [5.74, 6) is -0.161. The quantitative estimate of drug-likeness (QED) is 0.459. The third kappa shape index (κ3) is 2.86. The second kappa shape index (κ2) is 7.28. The van der Waals surface area contributed by atoms with Gasteiger partial charge < -0.3 is 5.32 Å². The maximum absolute atomic E-state index is 13.0. The molecule has 4 rings (SSSR count). The molecule has 4 nitrogen and oxygen atoms in total. The number of nitrogens with zero attached hydrogens (tertiary/aromatic N) is 2. The molecule has 2 aromatic heterocycles. The average molecular weight is 400 g/mol. The zero-order chi connectivity index (χ0) is 19.7. The molecule has 0 saturated carbocycles. The molecule has 0 aliphatic heterocycles. The maximum atomic E-state index is 13.0. The number of Topliss-reactive ketones (excluding diaryl/α,β-unsaturated/α-hetero) is 1. The van der Waals surface area contributed by atoms with E-state index in [4.69, 9.17) is 0 Å². The van der Waals surface area contributed by atoms with Crippen LogP contribution in [0.3, 0.4) is 0 Å². The summed E-state index contributed by atoms with van der Waals surface area (Å²) < 4.78 is 0. The summed E-state index contributed by atoms with van der Waals surface area (Å²) in [6.07, 6.45) is 1.79. The van der Waals surface area contributed by atoms with Crippen LogP contribution in [0.1, 0.15) is 20.8 Å². The van der Waals surface area contributed by atoms with E-state index in [1.54, 1.807) is 53.0 Å². The lowest BCUT2D eigenvalue weighted by atomic mass is 9.99. The third-order valence-electron chi connectivity index (χ3n) is 4.48. The average Bonchev–Trinajstić information content (AvgIpc) is 3.44. The van der Waals surface area contributed by atoms with E-state index in [9.17, 15) is 15.3 Å². The fraction of sp³-hybridized carbons (Fsp3) is 0.0455. The van der Waals surface area contributed by atoms with Crippen LogP contribution in [0, 0.1) is 22.7 Å². The number of thiophene rings is 2. The number of carbonyl (C=O) groups excluding carboxylic acids is 1. The SMILES string of the molecule is CNc1cc(/C=C2\C(=O)c3ccccc3C2=C(C#N)C#N)sc1-c1cccs1. The maximum Gasteiger partial charge on any atom is 0.194 e. The summed E-state index contributed by atoms with van der Waals surface area (Å²) >= 11 is 3.22. The van der Waals surface area contributed by atoms with Gasteiger partial charge in [0, 0.05) is 33.5 Å². The topological polar surface area (TPSA) is 76.7 Å². The van der Waals surface area contributed by atoms with Crippen molar-refractivity contribution in [1.82, 2.24) is 0 Å². The molecule has 1 aliphatic carbocycles. The first-order chi connectivity index (χ1) is 13.7. The monoisotopic (exact) mass is 399 g/mol. The number of anilines is 1. The molecule has 1 aromatic carbocycles. The smallest absolute Gasteiger partial charge is 0.194 e. The fourth-order valence-electron chi connectivity index (χ4n) is 3.25. The predicted octanol–water partition coefficient (Wildman–Crippen LogP) is 5.60. The summed E-state index contributed by atoms with van der Waals surface area (Å²) in [5, 5.41) is 24.1. The predicted molar refractivity (Wildman–Crippen MR) is 114 cm³/mol. The van der Waals surface area contributed by atoms with Gasteiger partial charge in [0.2, 0.25) is 0 Å². The highest BCUT2D eigenvalue weighted by Gasteiger charge is 2.32. The zero-order valence-electron chi connectivity index (χ0n) is 14.8. The molecule has 1 aliphatic rings. The van der Waals surface area contributed by atoms with Gasteiger partial charge in [0.1, 0.15) is 17.7 Å². The summed E-state index contributed by atoms with van der Waals surface area (Å²) in [5.41, 5.74) is 2.90. The minimum Gasteiger partial charge on any atom is -0.387 e. The lowest BCUT2D eigenvalue weighted by Crippen LogP contribution is -1.95. The minimum atomic E-state index is -0.161. The molecule has 28 heavy (non-hydrogen) atoms. The van der Waals surface area contributed by atoms with Crippen molar-refractivity contribution in [1.29, 1.82) is 10.5 Å². The number of carbonyl (C=O) groups is 1. The first-order valence-electron chi connectivity index (χ1n) is 8.44. The summed E-state index contributed by atoms with van der Waals surface area (Å²) in [7, 11) is 1.86. The Balaban J connectivity index is 1.91. The molecule has 6 heteroatoms. The molecule has 0 unspecified atom stereocenters. The van der Waals surface area contributed by atoms with Crippen LogP contribution < -0.4 is 5.32 Å². The van der Waals surface area contributed by atoms with E-state index >= 15 is 0 Å². The number of benzene rings is 1. The fourth-order valence-corrected chi connectivity index (χ4v) is 5.22. The van der Waals surface area contributed by atoms with Crippen LogP contribution in [-0.2, 0) is 0 Å². The van der Waals surface area contributed by atoms with Gasteiger partial charge in [-0.3, -0.25) is 4.79 Å². The number of hydrogen-bond acceptors (Lipinski definition) is 6. The molecule has 0 amide bonds. The van der Waals surface area contributed by atoms with Crippen LogP contribution in [0.5, 0.6) is 0 Å². The van der Waals surface area contributed by atoms with E-state index in [1.165, 1.54) is 0 Å². The van der Waals surface area contributed by atoms with Crippen molar-refractivity contribution in [2.24, 2.45) is 0 Å². The lowest BCUT2D eigenvalue weighted by molar-refractivity contribution is 0.104. The summed E-state index contributed by atoms with van der Waals surface area (Å²) in [6.45, 7) is 0. The number of nitrogens with one attached hydrogen (secondary N) is 1. The standard InChI is InChI=1S/C22H13N3OS2/c1-25-18-10-14(28-22(18)19-7-4-8-27-19)9-17-20(13(11-23)12-24)15-5-2-3-6-16(15)21(17)26/h2-10,25H,1H3/b17-9-. The number of fused-ring (bicyclic) bond motifs is 1. The van der Waals surface area contributed by atoms with Gasteiger partial charge >= 0.3 is 0 Å². The van der Waals surface area contributed by atoms with Crippen molar-refractivity contribution in [3.05, 3.63) is 75.0 Å². The van der Waals surface area contributed by atoms with Gasteiger partial charge in [0.15, 0.2) is 5.78 Å². The Morgan fingerprint density at radius 2 is 1.86 bits per heavy atom. The summed E-state index contributed by atoms with van der Waals surface area (Å²) in [6, 6.07) is 17.0. The molecular formula is C22H13N3OS2. The van der Waals surface area contributed by atoms with E-state index < -0.39 is 0 Å². The minimum absolute atomic E-state index is 0.0478. The first-order valence-corrected chi connectivity index (χ1v) is 10.1. The molecule has 0 saturated heterocycles. The Morgan fingerprint density at radius 1 is 1.11 bits per heavy atom. The van der Waals surface area contributed by atoms with Crippen molar-refractivity contribution in [2.45, 2.75) is 0 Å². The van der Waals surface area contributed by atoms with E-state index in [2.05, 4.69) is 11.4 Å². The molecule has 2 heterocycles. The van der Waals surface area contributed by atoms with Gasteiger partial charge in [0.05, 0.1) is 10.6 Å².